The van der Waals surface area contributed by atoms with Crippen LogP contribution in [0.3, 0.4) is 0 Å². The van der Waals surface area contributed by atoms with Crippen LogP contribution < -0.4 is 5.73 Å². The van der Waals surface area contributed by atoms with Crippen LogP contribution in [0.2, 0.25) is 0 Å². The van der Waals surface area contributed by atoms with Crippen molar-refractivity contribution in [2.45, 2.75) is 19.9 Å². The number of rotatable bonds is 3. The summed E-state index contributed by atoms with van der Waals surface area (Å²) in [7, 11) is 0. The molecule has 0 spiro atoms. The lowest BCUT2D eigenvalue weighted by molar-refractivity contribution is 0.145. The fraction of sp³-hybridized carbons (Fsp3) is 0.273. The van der Waals surface area contributed by atoms with Gasteiger partial charge in [-0.05, 0) is 24.6 Å². The third-order valence-electron chi connectivity index (χ3n) is 2.46. The van der Waals surface area contributed by atoms with Crippen LogP contribution in [0.4, 0.5) is 13.2 Å². The lowest BCUT2D eigenvalue weighted by atomic mass is 10.0. The predicted molar refractivity (Wildman–Crippen MR) is 57.3 cm³/mol. The van der Waals surface area contributed by atoms with Gasteiger partial charge >= 0.3 is 0 Å². The molecule has 0 bridgehead atoms. The van der Waals surface area contributed by atoms with Crippen molar-refractivity contribution in [3.63, 3.8) is 0 Å². The molecule has 96 valence electrons. The Morgan fingerprint density at radius 2 is 2.11 bits per heavy atom. The fourth-order valence-electron chi connectivity index (χ4n) is 1.62. The maximum atomic E-state index is 13.5. The predicted octanol–water partition coefficient (Wildman–Crippen LogP) is 2.58. The number of nitrogens with zero attached hydrogens (tertiary/aromatic N) is 2. The minimum atomic E-state index is -2.86. The quantitative estimate of drug-likeness (QED) is 0.917. The molecule has 1 heterocycles. The average molecular weight is 257 g/mol. The molecule has 0 aliphatic rings. The van der Waals surface area contributed by atoms with E-state index in [0.717, 1.165) is 6.07 Å². The highest BCUT2D eigenvalue weighted by atomic mass is 19.3. The number of aromatic nitrogens is 2. The van der Waals surface area contributed by atoms with Crippen LogP contribution in [0.5, 0.6) is 0 Å². The van der Waals surface area contributed by atoms with Crippen molar-refractivity contribution in [3.8, 4) is 11.4 Å². The number of hydrogen-bond acceptors (Lipinski definition) is 4. The Bertz CT molecular complexity index is 545. The summed E-state index contributed by atoms with van der Waals surface area (Å²) >= 11 is 0. The topological polar surface area (TPSA) is 64.9 Å². The minimum absolute atomic E-state index is 0.0591. The Labute approximate surface area is 101 Å². The fourth-order valence-corrected chi connectivity index (χ4v) is 1.62. The zero-order valence-corrected chi connectivity index (χ0v) is 9.45. The molecule has 0 saturated heterocycles. The highest BCUT2D eigenvalue weighted by molar-refractivity contribution is 5.57. The molecule has 0 aliphatic carbocycles. The Morgan fingerprint density at radius 3 is 2.61 bits per heavy atom. The molecule has 0 atom stereocenters. The largest absolute Gasteiger partial charge is 0.338 e. The van der Waals surface area contributed by atoms with Gasteiger partial charge in [0.15, 0.2) is 0 Å². The number of benzene rings is 1. The van der Waals surface area contributed by atoms with E-state index in [4.69, 9.17) is 10.3 Å². The Kier molecular flexibility index (Phi) is 3.33. The second-order valence-electron chi connectivity index (χ2n) is 3.71. The molecule has 0 saturated carbocycles. The van der Waals surface area contributed by atoms with Crippen molar-refractivity contribution in [3.05, 3.63) is 35.0 Å². The van der Waals surface area contributed by atoms with Gasteiger partial charge in [0.25, 0.3) is 6.43 Å². The van der Waals surface area contributed by atoms with Gasteiger partial charge in [0.2, 0.25) is 11.7 Å². The number of alkyl halides is 2. The summed E-state index contributed by atoms with van der Waals surface area (Å²) < 4.78 is 43.5. The van der Waals surface area contributed by atoms with Crippen molar-refractivity contribution in [1.82, 2.24) is 10.1 Å². The number of aryl methyl sites for hydroxylation is 1. The Balaban J connectivity index is 2.47. The SMILES string of the molecule is Cc1cc(-c2noc(CN)n2)cc(F)c1C(F)F. The maximum absolute atomic E-state index is 13.5. The van der Waals surface area contributed by atoms with Crippen molar-refractivity contribution >= 4 is 0 Å². The summed E-state index contributed by atoms with van der Waals surface area (Å²) in [5, 5.41) is 3.59. The highest BCUT2D eigenvalue weighted by Gasteiger charge is 2.19. The zero-order valence-electron chi connectivity index (χ0n) is 9.45. The van der Waals surface area contributed by atoms with Gasteiger partial charge in [-0.3, -0.25) is 0 Å². The third-order valence-corrected chi connectivity index (χ3v) is 2.46. The number of nitrogens with two attached hydrogens (primary N) is 1. The van der Waals surface area contributed by atoms with E-state index in [1.165, 1.54) is 13.0 Å². The molecule has 2 N–H and O–H groups in total. The van der Waals surface area contributed by atoms with Crippen molar-refractivity contribution in [2.75, 3.05) is 0 Å². The average Bonchev–Trinajstić information content (AvgIpc) is 2.75. The van der Waals surface area contributed by atoms with E-state index >= 15 is 0 Å². The molecule has 0 amide bonds. The Morgan fingerprint density at radius 1 is 1.39 bits per heavy atom. The van der Waals surface area contributed by atoms with Gasteiger partial charge in [-0.1, -0.05) is 5.16 Å². The molecule has 0 radical (unpaired) electrons. The smallest absolute Gasteiger partial charge is 0.266 e. The maximum Gasteiger partial charge on any atom is 0.266 e. The summed E-state index contributed by atoms with van der Waals surface area (Å²) in [6.07, 6.45) is -2.86. The lowest BCUT2D eigenvalue weighted by Crippen LogP contribution is -1.98. The normalized spacial score (nSPS) is 11.2. The van der Waals surface area contributed by atoms with E-state index in [1.807, 2.05) is 0 Å². The van der Waals surface area contributed by atoms with E-state index in [0.29, 0.717) is 0 Å². The van der Waals surface area contributed by atoms with Gasteiger partial charge in [-0.25, -0.2) is 13.2 Å². The van der Waals surface area contributed by atoms with Crippen molar-refractivity contribution in [2.24, 2.45) is 5.73 Å². The van der Waals surface area contributed by atoms with Crippen LogP contribution in [0.1, 0.15) is 23.4 Å². The molecule has 0 unspecified atom stereocenters. The first-order valence-corrected chi connectivity index (χ1v) is 5.14. The monoisotopic (exact) mass is 257 g/mol. The minimum Gasteiger partial charge on any atom is -0.338 e. The van der Waals surface area contributed by atoms with Gasteiger partial charge in [0.1, 0.15) is 5.82 Å². The van der Waals surface area contributed by atoms with Crippen LogP contribution in [-0.4, -0.2) is 10.1 Å². The summed E-state index contributed by atoms with van der Waals surface area (Å²) in [5.74, 6) is -0.668. The van der Waals surface area contributed by atoms with Crippen LogP contribution in [0.15, 0.2) is 16.7 Å². The van der Waals surface area contributed by atoms with E-state index in [1.54, 1.807) is 0 Å². The molecule has 1 aromatic carbocycles. The molecule has 1 aromatic heterocycles. The highest BCUT2D eigenvalue weighted by Crippen LogP contribution is 2.29. The number of hydrogen-bond donors (Lipinski definition) is 1. The van der Waals surface area contributed by atoms with E-state index in [2.05, 4.69) is 10.1 Å². The van der Waals surface area contributed by atoms with Gasteiger partial charge in [0, 0.05) is 5.56 Å². The summed E-state index contributed by atoms with van der Waals surface area (Å²) in [5.41, 5.74) is 5.10. The molecular formula is C11H10F3N3O. The first-order valence-electron chi connectivity index (χ1n) is 5.14. The lowest BCUT2D eigenvalue weighted by Gasteiger charge is -2.07. The summed E-state index contributed by atoms with van der Waals surface area (Å²) in [4.78, 5) is 3.90. The molecule has 0 aliphatic heterocycles. The van der Waals surface area contributed by atoms with Crippen molar-refractivity contribution in [1.29, 1.82) is 0 Å². The van der Waals surface area contributed by atoms with E-state index < -0.39 is 17.8 Å². The molecule has 7 heteroatoms. The Hall–Kier alpha value is -1.89. The first kappa shape index (κ1) is 12.6. The number of halogens is 3. The van der Waals surface area contributed by atoms with Crippen LogP contribution >= 0.6 is 0 Å². The molecule has 4 nitrogen and oxygen atoms in total. The molecule has 2 aromatic rings. The van der Waals surface area contributed by atoms with Crippen LogP contribution in [0.25, 0.3) is 11.4 Å². The van der Waals surface area contributed by atoms with Gasteiger partial charge in [-0.2, -0.15) is 4.98 Å². The summed E-state index contributed by atoms with van der Waals surface area (Å²) in [6.45, 7) is 1.46. The second-order valence-corrected chi connectivity index (χ2v) is 3.71. The van der Waals surface area contributed by atoms with Gasteiger partial charge < -0.3 is 10.3 Å². The van der Waals surface area contributed by atoms with Gasteiger partial charge in [0.05, 0.1) is 12.1 Å². The van der Waals surface area contributed by atoms with Crippen LogP contribution in [-0.2, 0) is 6.54 Å². The second kappa shape index (κ2) is 4.77. The summed E-state index contributed by atoms with van der Waals surface area (Å²) in [6, 6.07) is 2.34. The van der Waals surface area contributed by atoms with Gasteiger partial charge in [-0.15, -0.1) is 0 Å². The van der Waals surface area contributed by atoms with Crippen molar-refractivity contribution < 1.29 is 17.7 Å². The van der Waals surface area contributed by atoms with E-state index in [9.17, 15) is 13.2 Å². The first-order chi connectivity index (χ1) is 8.52. The standard InChI is InChI=1S/C11H10F3N3O/c1-5-2-6(3-7(12)9(5)10(13)14)11-16-8(4-15)18-17-11/h2-3,10H,4,15H2,1H3. The molecule has 0 fully saturated rings. The molecule has 18 heavy (non-hydrogen) atoms. The molecule has 2 rings (SSSR count). The van der Waals surface area contributed by atoms with E-state index in [-0.39, 0.29) is 29.4 Å². The molecular weight excluding hydrogens is 247 g/mol. The zero-order chi connectivity index (χ0) is 13.3. The third kappa shape index (κ3) is 2.21. The van der Waals surface area contributed by atoms with Crippen LogP contribution in [0, 0.1) is 12.7 Å².